The van der Waals surface area contributed by atoms with Crippen LogP contribution in [0, 0.1) is 5.82 Å². The van der Waals surface area contributed by atoms with E-state index in [0.717, 1.165) is 29.1 Å². The molecule has 0 radical (unpaired) electrons. The second-order valence-corrected chi connectivity index (χ2v) is 11.0. The molecule has 1 aliphatic heterocycles. The molecule has 3 heterocycles. The second kappa shape index (κ2) is 7.98. The highest BCUT2D eigenvalue weighted by molar-refractivity contribution is 7.91. The van der Waals surface area contributed by atoms with Gasteiger partial charge in [-0.2, -0.15) is 4.31 Å². The summed E-state index contributed by atoms with van der Waals surface area (Å²) >= 11 is 2.68. The Balaban J connectivity index is 1.55. The highest BCUT2D eigenvalue weighted by atomic mass is 32.2. The first-order valence-corrected chi connectivity index (χ1v) is 12.2. The molecule has 0 saturated carbocycles. The van der Waals surface area contributed by atoms with E-state index in [9.17, 15) is 12.8 Å². The standard InChI is InChI=1S/C19H20FN3O2S3/c1-2-14-9-10-17(26-14)28(24,25)23-11-5-6-13(12-23)18-21-22-19(27-18)15-7-3-4-8-16(15)20/h3-4,7-10,13H,2,5-6,11-12H2,1H3/t13-/m0/s1. The van der Waals surface area contributed by atoms with Crippen LogP contribution in [-0.2, 0) is 16.4 Å². The van der Waals surface area contributed by atoms with Crippen molar-refractivity contribution < 1.29 is 12.8 Å². The Morgan fingerprint density at radius 3 is 2.75 bits per heavy atom. The first kappa shape index (κ1) is 19.6. The van der Waals surface area contributed by atoms with Gasteiger partial charge in [0.05, 0.1) is 0 Å². The minimum Gasteiger partial charge on any atom is -0.206 e. The van der Waals surface area contributed by atoms with Gasteiger partial charge in [-0.25, -0.2) is 12.8 Å². The molecule has 0 spiro atoms. The van der Waals surface area contributed by atoms with Gasteiger partial charge in [-0.3, -0.25) is 0 Å². The number of sulfonamides is 1. The fourth-order valence-electron chi connectivity index (χ4n) is 3.32. The average Bonchev–Trinajstić information content (AvgIpc) is 3.38. The Morgan fingerprint density at radius 1 is 1.18 bits per heavy atom. The lowest BCUT2D eigenvalue weighted by Crippen LogP contribution is -2.38. The maximum Gasteiger partial charge on any atom is 0.252 e. The van der Waals surface area contributed by atoms with Gasteiger partial charge in [0.25, 0.3) is 10.0 Å². The number of hydrogen-bond acceptors (Lipinski definition) is 6. The first-order valence-electron chi connectivity index (χ1n) is 9.16. The van der Waals surface area contributed by atoms with Gasteiger partial charge in [0.2, 0.25) is 0 Å². The number of benzene rings is 1. The quantitative estimate of drug-likeness (QED) is 0.588. The van der Waals surface area contributed by atoms with Crippen LogP contribution in [0.2, 0.25) is 0 Å². The van der Waals surface area contributed by atoms with E-state index < -0.39 is 10.0 Å². The molecule has 0 aliphatic carbocycles. The summed E-state index contributed by atoms with van der Waals surface area (Å²) in [5.41, 5.74) is 0.428. The van der Waals surface area contributed by atoms with Crippen LogP contribution < -0.4 is 0 Å². The second-order valence-electron chi connectivity index (χ2n) is 6.70. The van der Waals surface area contributed by atoms with Crippen molar-refractivity contribution in [2.24, 2.45) is 0 Å². The van der Waals surface area contributed by atoms with Crippen LogP contribution in [0.15, 0.2) is 40.6 Å². The lowest BCUT2D eigenvalue weighted by molar-refractivity contribution is 0.315. The number of piperidine rings is 1. The van der Waals surface area contributed by atoms with E-state index in [0.29, 0.717) is 27.9 Å². The van der Waals surface area contributed by atoms with Crippen molar-refractivity contribution in [3.05, 3.63) is 52.1 Å². The minimum atomic E-state index is -3.50. The van der Waals surface area contributed by atoms with Crippen LogP contribution in [-0.4, -0.2) is 36.0 Å². The van der Waals surface area contributed by atoms with Crippen LogP contribution in [0.5, 0.6) is 0 Å². The highest BCUT2D eigenvalue weighted by Crippen LogP contribution is 2.36. The molecule has 3 aromatic rings. The van der Waals surface area contributed by atoms with E-state index in [1.807, 2.05) is 13.0 Å². The molecule has 28 heavy (non-hydrogen) atoms. The van der Waals surface area contributed by atoms with Crippen molar-refractivity contribution in [2.45, 2.75) is 36.3 Å². The molecule has 148 valence electrons. The van der Waals surface area contributed by atoms with E-state index >= 15 is 0 Å². The van der Waals surface area contributed by atoms with E-state index in [1.54, 1.807) is 28.6 Å². The SMILES string of the molecule is CCc1ccc(S(=O)(=O)N2CCC[C@H](c3nnc(-c4ccccc4F)s3)C2)s1. The maximum atomic E-state index is 14.0. The Kier molecular flexibility index (Phi) is 5.59. The third kappa shape index (κ3) is 3.76. The van der Waals surface area contributed by atoms with E-state index in [-0.39, 0.29) is 11.7 Å². The molecule has 9 heteroatoms. The van der Waals surface area contributed by atoms with Gasteiger partial charge < -0.3 is 0 Å². The predicted octanol–water partition coefficient (Wildman–Crippen LogP) is 4.54. The van der Waals surface area contributed by atoms with Crippen LogP contribution in [0.25, 0.3) is 10.6 Å². The van der Waals surface area contributed by atoms with Gasteiger partial charge in [0.15, 0.2) is 5.01 Å². The molecule has 2 aromatic heterocycles. The topological polar surface area (TPSA) is 63.2 Å². The number of hydrogen-bond donors (Lipinski definition) is 0. The summed E-state index contributed by atoms with van der Waals surface area (Å²) in [6, 6.07) is 10.1. The number of thiophene rings is 1. The van der Waals surface area contributed by atoms with Crippen molar-refractivity contribution in [2.75, 3.05) is 13.1 Å². The van der Waals surface area contributed by atoms with E-state index in [1.165, 1.54) is 28.7 Å². The summed E-state index contributed by atoms with van der Waals surface area (Å²) < 4.78 is 42.0. The van der Waals surface area contributed by atoms with Crippen LogP contribution >= 0.6 is 22.7 Å². The van der Waals surface area contributed by atoms with Gasteiger partial charge in [-0.05, 0) is 43.5 Å². The number of aromatic nitrogens is 2. The van der Waals surface area contributed by atoms with Gasteiger partial charge in [-0.15, -0.1) is 21.5 Å². The van der Waals surface area contributed by atoms with E-state index in [2.05, 4.69) is 10.2 Å². The Labute approximate surface area is 171 Å². The number of nitrogens with zero attached hydrogens (tertiary/aromatic N) is 3. The average molecular weight is 438 g/mol. The summed E-state index contributed by atoms with van der Waals surface area (Å²) in [4.78, 5) is 1.06. The van der Waals surface area contributed by atoms with Gasteiger partial charge in [0, 0.05) is 29.4 Å². The maximum absolute atomic E-state index is 14.0. The van der Waals surface area contributed by atoms with Gasteiger partial charge in [-0.1, -0.05) is 30.4 Å². The Hall–Kier alpha value is -1.68. The molecule has 1 atom stereocenters. The zero-order chi connectivity index (χ0) is 19.7. The van der Waals surface area contributed by atoms with Crippen LogP contribution in [0.1, 0.15) is 35.6 Å². The molecule has 0 N–H and O–H groups in total. The van der Waals surface area contributed by atoms with Crippen molar-refractivity contribution >= 4 is 32.7 Å². The number of aryl methyl sites for hydroxylation is 1. The Morgan fingerprint density at radius 2 is 2.00 bits per heavy atom. The number of halogens is 1. The van der Waals surface area contributed by atoms with Crippen LogP contribution in [0.4, 0.5) is 4.39 Å². The molecule has 1 fully saturated rings. The molecule has 1 saturated heterocycles. The van der Waals surface area contributed by atoms with Gasteiger partial charge >= 0.3 is 0 Å². The summed E-state index contributed by atoms with van der Waals surface area (Å²) in [5, 5.41) is 9.68. The third-order valence-electron chi connectivity index (χ3n) is 4.86. The Bertz CT molecular complexity index is 1080. The van der Waals surface area contributed by atoms with E-state index in [4.69, 9.17) is 0 Å². The van der Waals surface area contributed by atoms with Crippen molar-refractivity contribution in [1.29, 1.82) is 0 Å². The smallest absolute Gasteiger partial charge is 0.206 e. The molecule has 1 aliphatic rings. The summed E-state index contributed by atoms with van der Waals surface area (Å²) in [5.74, 6) is -0.352. The van der Waals surface area contributed by atoms with Crippen LogP contribution in [0.3, 0.4) is 0 Å². The summed E-state index contributed by atoms with van der Waals surface area (Å²) in [6.07, 6.45) is 2.44. The highest BCUT2D eigenvalue weighted by Gasteiger charge is 2.33. The minimum absolute atomic E-state index is 0.0212. The first-order chi connectivity index (χ1) is 13.5. The molecule has 0 unspecified atom stereocenters. The molecule has 5 nitrogen and oxygen atoms in total. The zero-order valence-electron chi connectivity index (χ0n) is 15.3. The fourth-order valence-corrected chi connectivity index (χ4v) is 7.29. The molecule has 4 rings (SSSR count). The third-order valence-corrected chi connectivity index (χ3v) is 9.54. The monoisotopic (exact) mass is 437 g/mol. The van der Waals surface area contributed by atoms with Gasteiger partial charge in [0.1, 0.15) is 15.0 Å². The fraction of sp³-hybridized carbons (Fsp3) is 0.368. The molecular formula is C19H20FN3O2S3. The number of rotatable bonds is 5. The zero-order valence-corrected chi connectivity index (χ0v) is 17.8. The summed E-state index contributed by atoms with van der Waals surface area (Å²) in [6.45, 7) is 2.91. The van der Waals surface area contributed by atoms with Crippen molar-refractivity contribution in [3.63, 3.8) is 0 Å². The molecule has 0 bridgehead atoms. The normalized spacial score (nSPS) is 18.4. The lowest BCUT2D eigenvalue weighted by Gasteiger charge is -2.30. The predicted molar refractivity (Wildman–Crippen MR) is 110 cm³/mol. The van der Waals surface area contributed by atoms with Crippen molar-refractivity contribution in [1.82, 2.24) is 14.5 Å². The molecular weight excluding hydrogens is 417 g/mol. The van der Waals surface area contributed by atoms with Crippen molar-refractivity contribution in [3.8, 4) is 10.6 Å². The largest absolute Gasteiger partial charge is 0.252 e. The lowest BCUT2D eigenvalue weighted by atomic mass is 10.0. The molecule has 1 aromatic carbocycles. The summed E-state index contributed by atoms with van der Waals surface area (Å²) in [7, 11) is -3.50. The molecule has 0 amide bonds.